The normalized spacial score (nSPS) is 11.8. The highest BCUT2D eigenvalue weighted by atomic mass is 32.2. The van der Waals surface area contributed by atoms with E-state index in [2.05, 4.69) is 10.3 Å². The van der Waals surface area contributed by atoms with Crippen LogP contribution in [0.2, 0.25) is 0 Å². The van der Waals surface area contributed by atoms with Gasteiger partial charge in [-0.25, -0.2) is 8.42 Å². The summed E-state index contributed by atoms with van der Waals surface area (Å²) in [5, 5.41) is 8.32. The van der Waals surface area contributed by atoms with Crippen molar-refractivity contribution in [3.05, 3.63) is 113 Å². The highest BCUT2D eigenvalue weighted by molar-refractivity contribution is 7.89. The molecule has 0 aliphatic rings. The molecule has 0 aliphatic heterocycles. The Morgan fingerprint density at radius 1 is 0.622 bits per heavy atom. The Morgan fingerprint density at radius 2 is 1.00 bits per heavy atom. The van der Waals surface area contributed by atoms with Gasteiger partial charge >= 0.3 is 0 Å². The average Bonchev–Trinajstić information content (AvgIpc) is 3.55. The molecule has 2 aromatic heterocycles. The van der Waals surface area contributed by atoms with Gasteiger partial charge in [-0.2, -0.15) is 4.31 Å². The molecule has 0 saturated carbocycles. The van der Waals surface area contributed by atoms with Crippen molar-refractivity contribution in [1.82, 2.24) is 14.6 Å². The Bertz CT molecular complexity index is 1520. The molecule has 5 rings (SSSR count). The van der Waals surface area contributed by atoms with Crippen molar-refractivity contribution in [1.29, 1.82) is 0 Å². The van der Waals surface area contributed by atoms with E-state index in [-0.39, 0.29) is 18.0 Å². The van der Waals surface area contributed by atoms with Crippen LogP contribution in [0.3, 0.4) is 0 Å². The van der Waals surface area contributed by atoms with E-state index >= 15 is 0 Å². The zero-order valence-corrected chi connectivity index (χ0v) is 21.7. The monoisotopic (exact) mass is 513 g/mol. The molecule has 0 atom stereocenters. The first-order valence-corrected chi connectivity index (χ1v) is 13.3. The number of benzene rings is 3. The molecule has 2 heterocycles. The van der Waals surface area contributed by atoms with E-state index in [0.717, 1.165) is 27.8 Å². The first-order valence-electron chi connectivity index (χ1n) is 11.9. The molecule has 0 amide bonds. The molecule has 3 aromatic carbocycles. The van der Waals surface area contributed by atoms with Crippen LogP contribution in [0.25, 0.3) is 22.5 Å². The van der Waals surface area contributed by atoms with Crippen LogP contribution in [0.5, 0.6) is 0 Å². The van der Waals surface area contributed by atoms with Gasteiger partial charge < -0.3 is 9.05 Å². The predicted octanol–water partition coefficient (Wildman–Crippen LogP) is 6.31. The molecule has 0 spiro atoms. The molecule has 0 fully saturated rings. The lowest BCUT2D eigenvalue weighted by atomic mass is 10.1. The van der Waals surface area contributed by atoms with Crippen molar-refractivity contribution in [2.24, 2.45) is 0 Å². The fourth-order valence-corrected chi connectivity index (χ4v) is 5.30. The van der Waals surface area contributed by atoms with Crippen LogP contribution in [0, 0.1) is 20.8 Å². The smallest absolute Gasteiger partial charge is 0.243 e. The number of nitrogens with zero attached hydrogens (tertiary/aromatic N) is 3. The predicted molar refractivity (Wildman–Crippen MR) is 141 cm³/mol. The third-order valence-corrected chi connectivity index (χ3v) is 7.94. The highest BCUT2D eigenvalue weighted by Gasteiger charge is 2.28. The van der Waals surface area contributed by atoms with E-state index in [1.54, 1.807) is 36.4 Å². The molecule has 7 nitrogen and oxygen atoms in total. The number of aryl methyl sites for hydroxylation is 3. The number of sulfonamides is 1. The van der Waals surface area contributed by atoms with Gasteiger partial charge in [0.1, 0.15) is 11.4 Å². The summed E-state index contributed by atoms with van der Waals surface area (Å²) in [5.41, 5.74) is 6.33. The molecular weight excluding hydrogens is 486 g/mol. The molecule has 0 unspecified atom stereocenters. The summed E-state index contributed by atoms with van der Waals surface area (Å²) in [6.07, 6.45) is 0. The zero-order valence-electron chi connectivity index (χ0n) is 20.9. The van der Waals surface area contributed by atoms with Crippen molar-refractivity contribution in [2.75, 3.05) is 0 Å². The van der Waals surface area contributed by atoms with Crippen LogP contribution in [-0.2, 0) is 23.1 Å². The Kier molecular flexibility index (Phi) is 6.78. The lowest BCUT2D eigenvalue weighted by molar-refractivity contribution is 0.288. The Morgan fingerprint density at radius 3 is 1.41 bits per heavy atom. The SMILES string of the molecule is Cc1ccc(-c2cc(CN(Cc3cc(-c4ccc(C)cc4)no3)S(=O)(=O)c3ccc(C)cc3)on2)cc1. The van der Waals surface area contributed by atoms with Gasteiger partial charge in [0.25, 0.3) is 0 Å². The molecule has 37 heavy (non-hydrogen) atoms. The summed E-state index contributed by atoms with van der Waals surface area (Å²) in [4.78, 5) is 0.189. The lowest BCUT2D eigenvalue weighted by Gasteiger charge is -2.19. The van der Waals surface area contributed by atoms with Crippen molar-refractivity contribution < 1.29 is 17.5 Å². The Hall–Kier alpha value is -4.01. The number of rotatable bonds is 8. The van der Waals surface area contributed by atoms with E-state index in [4.69, 9.17) is 9.05 Å². The quantitative estimate of drug-likeness (QED) is 0.241. The van der Waals surface area contributed by atoms with Gasteiger partial charge in [0.2, 0.25) is 10.0 Å². The van der Waals surface area contributed by atoms with Crippen molar-refractivity contribution in [3.63, 3.8) is 0 Å². The van der Waals surface area contributed by atoms with Crippen molar-refractivity contribution in [2.45, 2.75) is 38.8 Å². The summed E-state index contributed by atoms with van der Waals surface area (Å²) in [6.45, 7) is 5.90. The van der Waals surface area contributed by atoms with Gasteiger partial charge in [-0.3, -0.25) is 0 Å². The minimum Gasteiger partial charge on any atom is -0.359 e. The molecule has 0 radical (unpaired) electrons. The zero-order chi connectivity index (χ0) is 26.0. The molecule has 0 aliphatic carbocycles. The Balaban J connectivity index is 1.45. The third kappa shape index (κ3) is 5.55. The van der Waals surface area contributed by atoms with Gasteiger partial charge in [0, 0.05) is 23.3 Å². The summed E-state index contributed by atoms with van der Waals surface area (Å²) < 4.78 is 39.8. The molecule has 0 saturated heterocycles. The summed E-state index contributed by atoms with van der Waals surface area (Å²) in [5.74, 6) is 0.842. The van der Waals surface area contributed by atoms with E-state index in [0.29, 0.717) is 22.9 Å². The maximum Gasteiger partial charge on any atom is 0.243 e. The lowest BCUT2D eigenvalue weighted by Crippen LogP contribution is -2.30. The second kappa shape index (κ2) is 10.2. The second-order valence-electron chi connectivity index (χ2n) is 9.18. The molecule has 0 bridgehead atoms. The summed E-state index contributed by atoms with van der Waals surface area (Å²) >= 11 is 0. The largest absolute Gasteiger partial charge is 0.359 e. The van der Waals surface area contributed by atoms with Gasteiger partial charge in [-0.15, -0.1) is 0 Å². The maximum atomic E-state index is 13.7. The molecular formula is C29H27N3O4S. The highest BCUT2D eigenvalue weighted by Crippen LogP contribution is 2.26. The van der Waals surface area contributed by atoms with Gasteiger partial charge in [0.05, 0.1) is 18.0 Å². The van der Waals surface area contributed by atoms with Crippen LogP contribution in [-0.4, -0.2) is 23.0 Å². The van der Waals surface area contributed by atoms with Crippen LogP contribution < -0.4 is 0 Å². The van der Waals surface area contributed by atoms with Crippen molar-refractivity contribution in [3.8, 4) is 22.5 Å². The standard InChI is InChI=1S/C29H27N3O4S/c1-20-4-10-23(11-5-20)28-16-25(35-30-28)18-32(37(33,34)27-14-8-22(3)9-15-27)19-26-17-29(31-36-26)24-12-6-21(2)7-13-24/h4-17H,18-19H2,1-3H3. The average molecular weight is 514 g/mol. The van der Waals surface area contributed by atoms with Crippen LogP contribution in [0.1, 0.15) is 28.2 Å². The van der Waals surface area contributed by atoms with E-state index < -0.39 is 10.0 Å². The van der Waals surface area contributed by atoms with Gasteiger partial charge in [-0.1, -0.05) is 87.7 Å². The van der Waals surface area contributed by atoms with Crippen molar-refractivity contribution >= 4 is 10.0 Å². The minimum atomic E-state index is -3.88. The Labute approximate surface area is 216 Å². The minimum absolute atomic E-state index is 0.0182. The molecule has 8 heteroatoms. The number of aromatic nitrogens is 2. The first kappa shape index (κ1) is 24.7. The molecule has 0 N–H and O–H groups in total. The van der Waals surface area contributed by atoms with Crippen LogP contribution in [0.15, 0.2) is 98.9 Å². The molecule has 188 valence electrons. The van der Waals surface area contributed by atoms with E-state index in [9.17, 15) is 8.42 Å². The van der Waals surface area contributed by atoms with Crippen LogP contribution in [0.4, 0.5) is 0 Å². The first-order chi connectivity index (χ1) is 17.8. The second-order valence-corrected chi connectivity index (χ2v) is 11.1. The third-order valence-electron chi connectivity index (χ3n) is 6.14. The van der Waals surface area contributed by atoms with Crippen LogP contribution >= 0.6 is 0 Å². The van der Waals surface area contributed by atoms with E-state index in [1.807, 2.05) is 69.3 Å². The molecule has 5 aromatic rings. The van der Waals surface area contributed by atoms with E-state index in [1.165, 1.54) is 4.31 Å². The maximum absolute atomic E-state index is 13.7. The fraction of sp³-hybridized carbons (Fsp3) is 0.172. The number of hydrogen-bond acceptors (Lipinski definition) is 6. The van der Waals surface area contributed by atoms with Gasteiger partial charge in [0.15, 0.2) is 11.5 Å². The number of hydrogen-bond donors (Lipinski definition) is 0. The van der Waals surface area contributed by atoms with Gasteiger partial charge in [-0.05, 0) is 32.9 Å². The summed E-state index contributed by atoms with van der Waals surface area (Å²) in [7, 11) is -3.88. The summed E-state index contributed by atoms with van der Waals surface area (Å²) in [6, 6.07) is 26.1. The fourth-order valence-electron chi connectivity index (χ4n) is 3.93. The topological polar surface area (TPSA) is 89.4 Å².